The Bertz CT molecular complexity index is 594. The number of aliphatic hydroxyl groups excluding tert-OH is 1. The first-order chi connectivity index (χ1) is 8.65. The maximum atomic E-state index is 10.3. The monoisotopic (exact) mass is 328 g/mol. The Morgan fingerprint density at radius 2 is 2.17 bits per heavy atom. The van der Waals surface area contributed by atoms with Gasteiger partial charge in [-0.15, -0.1) is 0 Å². The lowest BCUT2D eigenvalue weighted by Crippen LogP contribution is -2.01. The summed E-state index contributed by atoms with van der Waals surface area (Å²) in [5.74, 6) is 1.18. The van der Waals surface area contributed by atoms with E-state index in [1.165, 1.54) is 0 Å². The molecule has 5 heteroatoms. The minimum absolute atomic E-state index is 0.460. The van der Waals surface area contributed by atoms with Crippen LogP contribution < -0.4 is 4.74 Å². The van der Waals surface area contributed by atoms with Crippen LogP contribution in [0, 0.1) is 0 Å². The summed E-state index contributed by atoms with van der Waals surface area (Å²) in [5.41, 5.74) is 1.68. The standard InChI is InChI=1S/C13H10BrClO3/c14-11-2-1-10(18-11)12(16)9-6-8(15)5-7-3-4-17-13(7)9/h1-2,5-6,12,16H,3-4H2. The summed E-state index contributed by atoms with van der Waals surface area (Å²) in [5, 5.41) is 10.9. The van der Waals surface area contributed by atoms with Crippen molar-refractivity contribution in [3.05, 3.63) is 50.8 Å². The minimum Gasteiger partial charge on any atom is -0.493 e. The predicted molar refractivity (Wildman–Crippen MR) is 71.1 cm³/mol. The van der Waals surface area contributed by atoms with Crippen molar-refractivity contribution in [2.45, 2.75) is 12.5 Å². The van der Waals surface area contributed by atoms with Crippen molar-refractivity contribution in [1.29, 1.82) is 0 Å². The third-order valence-corrected chi connectivity index (χ3v) is 3.58. The Kier molecular flexibility index (Phi) is 3.09. The molecule has 0 saturated carbocycles. The van der Waals surface area contributed by atoms with E-state index in [9.17, 15) is 5.11 Å². The topological polar surface area (TPSA) is 42.6 Å². The molecule has 3 rings (SSSR count). The first-order valence-corrected chi connectivity index (χ1v) is 6.70. The Labute approximate surface area is 117 Å². The summed E-state index contributed by atoms with van der Waals surface area (Å²) >= 11 is 9.27. The first kappa shape index (κ1) is 12.1. The molecule has 1 atom stereocenters. The average Bonchev–Trinajstić information content (AvgIpc) is 2.95. The molecule has 2 heterocycles. The van der Waals surface area contributed by atoms with E-state index < -0.39 is 6.10 Å². The minimum atomic E-state index is -0.873. The second-order valence-corrected chi connectivity index (χ2v) is 5.34. The summed E-state index contributed by atoms with van der Waals surface area (Å²) in [6.07, 6.45) is -0.0564. The molecule has 1 aromatic carbocycles. The lowest BCUT2D eigenvalue weighted by atomic mass is 10.0. The van der Waals surface area contributed by atoms with Gasteiger partial charge in [-0.3, -0.25) is 0 Å². The molecule has 0 bridgehead atoms. The number of furan rings is 1. The number of hydrogen-bond acceptors (Lipinski definition) is 3. The van der Waals surface area contributed by atoms with Gasteiger partial charge >= 0.3 is 0 Å². The molecule has 18 heavy (non-hydrogen) atoms. The van der Waals surface area contributed by atoms with Gasteiger partial charge in [0.15, 0.2) is 4.67 Å². The van der Waals surface area contributed by atoms with Crippen LogP contribution in [0.3, 0.4) is 0 Å². The van der Waals surface area contributed by atoms with Crippen LogP contribution in [-0.2, 0) is 6.42 Å². The molecule has 94 valence electrons. The van der Waals surface area contributed by atoms with E-state index in [-0.39, 0.29) is 0 Å². The van der Waals surface area contributed by atoms with Crippen molar-refractivity contribution < 1.29 is 14.3 Å². The highest BCUT2D eigenvalue weighted by Crippen LogP contribution is 2.39. The second-order valence-electron chi connectivity index (χ2n) is 4.13. The highest BCUT2D eigenvalue weighted by Gasteiger charge is 2.24. The van der Waals surface area contributed by atoms with E-state index in [0.29, 0.717) is 27.6 Å². The van der Waals surface area contributed by atoms with Crippen molar-refractivity contribution in [2.75, 3.05) is 6.61 Å². The van der Waals surface area contributed by atoms with Gasteiger partial charge in [0.05, 0.1) is 6.61 Å². The van der Waals surface area contributed by atoms with Crippen LogP contribution in [0.4, 0.5) is 0 Å². The van der Waals surface area contributed by atoms with Gasteiger partial charge in [-0.25, -0.2) is 0 Å². The quantitative estimate of drug-likeness (QED) is 0.913. The van der Waals surface area contributed by atoms with Gasteiger partial charge in [-0.05, 0) is 45.8 Å². The lowest BCUT2D eigenvalue weighted by Gasteiger charge is -2.13. The largest absolute Gasteiger partial charge is 0.493 e. The van der Waals surface area contributed by atoms with Crippen molar-refractivity contribution in [3.8, 4) is 5.75 Å². The molecule has 0 radical (unpaired) electrons. The van der Waals surface area contributed by atoms with Gasteiger partial charge in [0.25, 0.3) is 0 Å². The zero-order valence-electron chi connectivity index (χ0n) is 9.32. The number of aliphatic hydroxyl groups is 1. The van der Waals surface area contributed by atoms with Gasteiger partial charge in [0.1, 0.15) is 17.6 Å². The van der Waals surface area contributed by atoms with E-state index >= 15 is 0 Å². The maximum Gasteiger partial charge on any atom is 0.169 e. The van der Waals surface area contributed by atoms with Crippen LogP contribution in [0.1, 0.15) is 23.0 Å². The molecule has 1 aliphatic heterocycles. The Morgan fingerprint density at radius 3 is 2.89 bits per heavy atom. The van der Waals surface area contributed by atoms with Crippen molar-refractivity contribution in [2.24, 2.45) is 0 Å². The fourth-order valence-electron chi connectivity index (χ4n) is 2.13. The van der Waals surface area contributed by atoms with Gasteiger partial charge in [0, 0.05) is 17.0 Å². The molecule has 2 aromatic rings. The van der Waals surface area contributed by atoms with Crippen LogP contribution >= 0.6 is 27.5 Å². The van der Waals surface area contributed by atoms with E-state index in [2.05, 4.69) is 15.9 Å². The Balaban J connectivity index is 2.06. The zero-order valence-corrected chi connectivity index (χ0v) is 11.7. The molecule has 0 amide bonds. The van der Waals surface area contributed by atoms with Crippen LogP contribution in [0.15, 0.2) is 33.4 Å². The Morgan fingerprint density at radius 1 is 1.33 bits per heavy atom. The van der Waals surface area contributed by atoms with Crippen LogP contribution in [0.2, 0.25) is 5.02 Å². The zero-order chi connectivity index (χ0) is 12.7. The first-order valence-electron chi connectivity index (χ1n) is 5.53. The molecule has 0 aliphatic carbocycles. The Hall–Kier alpha value is -0.970. The van der Waals surface area contributed by atoms with Crippen molar-refractivity contribution in [1.82, 2.24) is 0 Å². The SMILES string of the molecule is OC(c1ccc(Br)o1)c1cc(Cl)cc2c1OCC2. The third kappa shape index (κ3) is 2.05. The van der Waals surface area contributed by atoms with Crippen LogP contribution in [-0.4, -0.2) is 11.7 Å². The van der Waals surface area contributed by atoms with Crippen LogP contribution in [0.5, 0.6) is 5.75 Å². The number of hydrogen-bond donors (Lipinski definition) is 1. The van der Waals surface area contributed by atoms with Gasteiger partial charge < -0.3 is 14.3 Å². The fourth-order valence-corrected chi connectivity index (χ4v) is 2.70. The van der Waals surface area contributed by atoms with Crippen molar-refractivity contribution >= 4 is 27.5 Å². The maximum absolute atomic E-state index is 10.3. The van der Waals surface area contributed by atoms with E-state index in [1.807, 2.05) is 6.07 Å². The van der Waals surface area contributed by atoms with E-state index in [0.717, 1.165) is 17.7 Å². The van der Waals surface area contributed by atoms with E-state index in [4.69, 9.17) is 20.8 Å². The fraction of sp³-hybridized carbons (Fsp3) is 0.231. The molecule has 1 unspecified atom stereocenters. The van der Waals surface area contributed by atoms with E-state index in [1.54, 1.807) is 18.2 Å². The van der Waals surface area contributed by atoms with Crippen LogP contribution in [0.25, 0.3) is 0 Å². The third-order valence-electron chi connectivity index (χ3n) is 2.94. The summed E-state index contributed by atoms with van der Waals surface area (Å²) in [6, 6.07) is 7.05. The number of rotatable bonds is 2. The molecular formula is C13H10BrClO3. The second kappa shape index (κ2) is 4.61. The molecule has 1 aromatic heterocycles. The molecular weight excluding hydrogens is 319 g/mol. The van der Waals surface area contributed by atoms with Gasteiger partial charge in [0.2, 0.25) is 0 Å². The number of benzene rings is 1. The molecule has 0 spiro atoms. The predicted octanol–water partition coefficient (Wildman–Crippen LogP) is 3.71. The van der Waals surface area contributed by atoms with Gasteiger partial charge in [-0.2, -0.15) is 0 Å². The summed E-state index contributed by atoms with van der Waals surface area (Å²) in [7, 11) is 0. The lowest BCUT2D eigenvalue weighted by molar-refractivity contribution is 0.183. The van der Waals surface area contributed by atoms with Gasteiger partial charge in [-0.1, -0.05) is 11.6 Å². The van der Waals surface area contributed by atoms with Crippen molar-refractivity contribution in [3.63, 3.8) is 0 Å². The highest BCUT2D eigenvalue weighted by atomic mass is 79.9. The molecule has 0 fully saturated rings. The summed E-state index contributed by atoms with van der Waals surface area (Å²) in [4.78, 5) is 0. The molecule has 1 N–H and O–H groups in total. The average molecular weight is 330 g/mol. The number of halogens is 2. The summed E-state index contributed by atoms with van der Waals surface area (Å²) < 4.78 is 11.5. The number of fused-ring (bicyclic) bond motifs is 1. The molecule has 1 aliphatic rings. The smallest absolute Gasteiger partial charge is 0.169 e. The molecule has 3 nitrogen and oxygen atoms in total. The highest BCUT2D eigenvalue weighted by molar-refractivity contribution is 9.10. The molecule has 0 saturated heterocycles. The summed E-state index contributed by atoms with van der Waals surface area (Å²) in [6.45, 7) is 0.622. The number of ether oxygens (including phenoxy) is 1. The normalized spacial score (nSPS) is 15.3.